The minimum absolute atomic E-state index is 0.0694. The molecule has 1 saturated carbocycles. The topological polar surface area (TPSA) is 80.5 Å². The molecule has 0 aromatic heterocycles. The zero-order valence-corrected chi connectivity index (χ0v) is 18.4. The van der Waals surface area contributed by atoms with Crippen molar-refractivity contribution in [2.45, 2.75) is 14.1 Å². The summed E-state index contributed by atoms with van der Waals surface area (Å²) in [4.78, 5) is 33.5. The molecule has 2 aliphatic carbocycles. The van der Waals surface area contributed by atoms with Crippen LogP contribution >= 0.6 is 81.2 Å². The molecule has 0 spiro atoms. The number of carbonyl (C=O) groups excluding carboxylic acids is 2. The lowest BCUT2D eigenvalue weighted by molar-refractivity contribution is -0.384. The summed E-state index contributed by atoms with van der Waals surface area (Å²) in [7, 11) is 0. The van der Waals surface area contributed by atoms with Crippen LogP contribution in [0.25, 0.3) is 0 Å². The third-order valence-corrected chi connectivity index (χ3v) is 9.87. The van der Waals surface area contributed by atoms with Crippen LogP contribution in [-0.2, 0) is 9.59 Å². The Balaban J connectivity index is 1.91. The van der Waals surface area contributed by atoms with Gasteiger partial charge in [-0.15, -0.1) is 23.2 Å². The Hall–Kier alpha value is -0.470. The standard InChI is InChI=1S/C15H5Cl7N2O4/c16-5-2-1-4(24(27)28)3-6(5)23-11(25)7-8(12(23)26)14(20)10(18)9(17)13(7,19)15(14,21)22/h1-3,7-8H/t7-,8-,13+,14+/m0/s1. The van der Waals surface area contributed by atoms with Crippen LogP contribution < -0.4 is 4.90 Å². The lowest BCUT2D eigenvalue weighted by Gasteiger charge is -2.34. The first-order valence-corrected chi connectivity index (χ1v) is 10.1. The molecule has 4 rings (SSSR count). The number of fused-ring (bicyclic) bond motifs is 5. The Labute approximate surface area is 192 Å². The molecule has 0 radical (unpaired) electrons. The van der Waals surface area contributed by atoms with Crippen LogP contribution in [-0.4, -0.2) is 30.8 Å². The van der Waals surface area contributed by atoms with Crippen molar-refractivity contribution >= 4 is 104 Å². The Bertz CT molecular complexity index is 982. The molecule has 3 aliphatic rings. The summed E-state index contributed by atoms with van der Waals surface area (Å²) in [5.41, 5.74) is -0.568. The van der Waals surface area contributed by atoms with Gasteiger partial charge in [-0.25, -0.2) is 4.90 Å². The highest BCUT2D eigenvalue weighted by molar-refractivity contribution is 6.67. The maximum Gasteiger partial charge on any atom is 0.271 e. The molecule has 1 heterocycles. The van der Waals surface area contributed by atoms with E-state index in [4.69, 9.17) is 81.2 Å². The summed E-state index contributed by atoms with van der Waals surface area (Å²) in [6.07, 6.45) is 0. The molecule has 2 amide bonds. The van der Waals surface area contributed by atoms with Crippen LogP contribution in [0.3, 0.4) is 0 Å². The Morgan fingerprint density at radius 3 is 1.82 bits per heavy atom. The summed E-state index contributed by atoms with van der Waals surface area (Å²) in [5, 5.41) is 10.5. The predicted octanol–water partition coefficient (Wildman–Crippen LogP) is 5.20. The van der Waals surface area contributed by atoms with Crippen LogP contribution in [0.1, 0.15) is 0 Å². The third kappa shape index (κ3) is 2.05. The first kappa shape index (κ1) is 20.8. The van der Waals surface area contributed by atoms with E-state index in [0.717, 1.165) is 12.1 Å². The minimum atomic E-state index is -2.06. The van der Waals surface area contributed by atoms with Gasteiger partial charge in [0.1, 0.15) is 9.75 Å². The molecule has 148 valence electrons. The van der Waals surface area contributed by atoms with E-state index < -0.39 is 42.7 Å². The summed E-state index contributed by atoms with van der Waals surface area (Å²) < 4.78 is -2.06. The quantitative estimate of drug-likeness (QED) is 0.230. The molecule has 2 fully saturated rings. The van der Waals surface area contributed by atoms with Gasteiger partial charge in [0.15, 0.2) is 4.33 Å². The van der Waals surface area contributed by atoms with Crippen molar-refractivity contribution in [1.29, 1.82) is 0 Å². The second kappa shape index (κ2) is 6.03. The lowest BCUT2D eigenvalue weighted by Crippen LogP contribution is -2.50. The van der Waals surface area contributed by atoms with E-state index in [2.05, 4.69) is 0 Å². The molecule has 4 atom stereocenters. The Morgan fingerprint density at radius 2 is 1.39 bits per heavy atom. The molecule has 6 nitrogen and oxygen atoms in total. The molecule has 0 unspecified atom stereocenters. The first-order valence-electron chi connectivity index (χ1n) is 7.47. The van der Waals surface area contributed by atoms with E-state index in [1.807, 2.05) is 0 Å². The SMILES string of the molecule is O=C1[C@@H]2[C@@H](C(=O)N1c1cc([N+](=O)[O-])ccc1Cl)[C@@]1(Cl)C(Cl)=C(Cl)[C@@]2(Cl)C1(Cl)Cl. The number of nitrogens with zero attached hydrogens (tertiary/aromatic N) is 2. The molecule has 1 saturated heterocycles. The molecule has 28 heavy (non-hydrogen) atoms. The number of rotatable bonds is 2. The number of carbonyl (C=O) groups is 2. The van der Waals surface area contributed by atoms with E-state index in [-0.39, 0.29) is 26.5 Å². The van der Waals surface area contributed by atoms with Gasteiger partial charge in [-0.1, -0.05) is 58.0 Å². The fourth-order valence-electron chi connectivity index (χ4n) is 4.02. The molecule has 1 aromatic carbocycles. The molecule has 0 N–H and O–H groups in total. The molecular weight excluding hydrogens is 520 g/mol. The fourth-order valence-corrected chi connectivity index (χ4v) is 7.15. The normalized spacial score (nSPS) is 35.8. The zero-order chi connectivity index (χ0) is 21.0. The number of benzene rings is 1. The summed E-state index contributed by atoms with van der Waals surface area (Å²) in [6.45, 7) is 0. The van der Waals surface area contributed by atoms with Gasteiger partial charge < -0.3 is 0 Å². The number of imide groups is 1. The highest BCUT2D eigenvalue weighted by atomic mass is 35.5. The van der Waals surface area contributed by atoms with E-state index in [1.165, 1.54) is 6.07 Å². The van der Waals surface area contributed by atoms with Gasteiger partial charge in [0.05, 0.1) is 37.5 Å². The average molecular weight is 525 g/mol. The van der Waals surface area contributed by atoms with E-state index >= 15 is 0 Å². The fraction of sp³-hybridized carbons (Fsp3) is 0.333. The number of nitro groups is 1. The third-order valence-electron chi connectivity index (χ3n) is 5.29. The number of hydrogen-bond donors (Lipinski definition) is 0. The number of allylic oxidation sites excluding steroid dienone is 2. The van der Waals surface area contributed by atoms with Crippen molar-refractivity contribution in [3.8, 4) is 0 Å². The lowest BCUT2D eigenvalue weighted by atomic mass is 9.84. The average Bonchev–Trinajstić information content (AvgIpc) is 3.00. The van der Waals surface area contributed by atoms with Gasteiger partial charge in [-0.3, -0.25) is 19.7 Å². The largest absolute Gasteiger partial charge is 0.274 e. The molecule has 13 heteroatoms. The molecule has 1 aliphatic heterocycles. The van der Waals surface area contributed by atoms with Crippen LogP contribution in [0, 0.1) is 22.0 Å². The van der Waals surface area contributed by atoms with Gasteiger partial charge >= 0.3 is 0 Å². The van der Waals surface area contributed by atoms with Gasteiger partial charge in [0, 0.05) is 12.1 Å². The minimum Gasteiger partial charge on any atom is -0.274 e. The Morgan fingerprint density at radius 1 is 0.929 bits per heavy atom. The number of non-ortho nitro benzene ring substituents is 1. The highest BCUT2D eigenvalue weighted by Gasteiger charge is 2.87. The van der Waals surface area contributed by atoms with E-state index in [0.29, 0.717) is 4.90 Å². The monoisotopic (exact) mass is 522 g/mol. The summed E-state index contributed by atoms with van der Waals surface area (Å²) in [6, 6.07) is 3.32. The molecular formula is C15H5Cl7N2O4. The van der Waals surface area contributed by atoms with Crippen molar-refractivity contribution in [3.05, 3.63) is 43.4 Å². The van der Waals surface area contributed by atoms with Crippen molar-refractivity contribution < 1.29 is 14.5 Å². The molecule has 1 aromatic rings. The number of halogens is 7. The van der Waals surface area contributed by atoms with Crippen molar-refractivity contribution in [2.24, 2.45) is 11.8 Å². The number of nitro benzene ring substituents is 1. The van der Waals surface area contributed by atoms with E-state index in [1.54, 1.807) is 0 Å². The second-order valence-corrected chi connectivity index (χ2v) is 10.2. The first-order chi connectivity index (χ1) is 12.8. The van der Waals surface area contributed by atoms with Crippen LogP contribution in [0.15, 0.2) is 28.3 Å². The van der Waals surface area contributed by atoms with Crippen molar-refractivity contribution in [1.82, 2.24) is 0 Å². The number of alkyl halides is 4. The maximum absolute atomic E-state index is 13.2. The molecule has 2 bridgehead atoms. The van der Waals surface area contributed by atoms with Gasteiger partial charge in [-0.05, 0) is 6.07 Å². The van der Waals surface area contributed by atoms with Crippen LogP contribution in [0.4, 0.5) is 11.4 Å². The van der Waals surface area contributed by atoms with Crippen molar-refractivity contribution in [3.63, 3.8) is 0 Å². The smallest absolute Gasteiger partial charge is 0.271 e. The zero-order valence-electron chi connectivity index (χ0n) is 13.1. The second-order valence-electron chi connectivity index (χ2n) is 6.49. The number of hydrogen-bond acceptors (Lipinski definition) is 4. The van der Waals surface area contributed by atoms with E-state index in [9.17, 15) is 19.7 Å². The highest BCUT2D eigenvalue weighted by Crippen LogP contribution is 2.77. The van der Waals surface area contributed by atoms with Gasteiger partial charge in [0.25, 0.3) is 5.69 Å². The maximum atomic E-state index is 13.2. The summed E-state index contributed by atoms with van der Waals surface area (Å²) >= 11 is 44.5. The predicted molar refractivity (Wildman–Crippen MR) is 108 cm³/mol. The van der Waals surface area contributed by atoms with Gasteiger partial charge in [0.2, 0.25) is 11.8 Å². The van der Waals surface area contributed by atoms with Crippen molar-refractivity contribution in [2.75, 3.05) is 4.90 Å². The Kier molecular flexibility index (Phi) is 4.48. The van der Waals surface area contributed by atoms with Crippen LogP contribution in [0.5, 0.6) is 0 Å². The van der Waals surface area contributed by atoms with Crippen LogP contribution in [0.2, 0.25) is 5.02 Å². The number of amides is 2. The number of anilines is 1. The summed E-state index contributed by atoms with van der Waals surface area (Å²) in [5.74, 6) is -4.38. The van der Waals surface area contributed by atoms with Gasteiger partial charge in [-0.2, -0.15) is 0 Å².